The second kappa shape index (κ2) is 7.40. The summed E-state index contributed by atoms with van der Waals surface area (Å²) in [6, 6.07) is 0. The highest BCUT2D eigenvalue weighted by Crippen LogP contribution is 2.62. The van der Waals surface area contributed by atoms with Crippen molar-refractivity contribution in [2.75, 3.05) is 39.3 Å². The molecule has 0 aromatic rings. The van der Waals surface area contributed by atoms with E-state index in [1.807, 2.05) is 0 Å². The van der Waals surface area contributed by atoms with Crippen molar-refractivity contribution in [2.45, 2.75) is 60.4 Å². The first-order valence-electron chi connectivity index (χ1n) is 8.25. The summed E-state index contributed by atoms with van der Waals surface area (Å²) in [6.07, 6.45) is 1.27. The van der Waals surface area contributed by atoms with Crippen LogP contribution in [0.15, 0.2) is 4.74 Å². The molecule has 0 N–H and O–H groups in total. The van der Waals surface area contributed by atoms with Crippen LogP contribution in [0, 0.1) is 0 Å². The van der Waals surface area contributed by atoms with Gasteiger partial charge in [0.15, 0.2) is 7.51 Å². The smallest absolute Gasteiger partial charge is 0.168 e. The second-order valence-electron chi connectivity index (χ2n) is 6.39. The average Bonchev–Trinajstić information content (AvgIpc) is 2.38. The van der Waals surface area contributed by atoms with Crippen molar-refractivity contribution in [3.63, 3.8) is 0 Å². The summed E-state index contributed by atoms with van der Waals surface area (Å²) in [5.41, 5.74) is 0.00848. The standard InChI is InChI=1S/C15H35N4P/c1-8-17(9-2)20(16-15(5,6)7)18(10-3)13-12-14-19(20)11-4/h8-14H2,1-7H3. The van der Waals surface area contributed by atoms with Gasteiger partial charge >= 0.3 is 0 Å². The molecule has 5 heteroatoms. The number of rotatable bonds is 5. The van der Waals surface area contributed by atoms with E-state index in [0.717, 1.165) is 26.2 Å². The molecule has 0 radical (unpaired) electrons. The third-order valence-electron chi connectivity index (χ3n) is 3.87. The lowest BCUT2D eigenvalue weighted by Gasteiger charge is -2.52. The van der Waals surface area contributed by atoms with Crippen molar-refractivity contribution < 1.29 is 0 Å². The molecule has 0 aromatic heterocycles. The summed E-state index contributed by atoms with van der Waals surface area (Å²) in [6.45, 7) is 22.6. The lowest BCUT2D eigenvalue weighted by molar-refractivity contribution is 0.275. The minimum atomic E-state index is -1.72. The summed E-state index contributed by atoms with van der Waals surface area (Å²) < 4.78 is 13.4. The molecule has 0 bridgehead atoms. The van der Waals surface area contributed by atoms with Crippen LogP contribution < -0.4 is 0 Å². The Morgan fingerprint density at radius 2 is 1.40 bits per heavy atom. The molecule has 120 valence electrons. The first kappa shape index (κ1) is 18.2. The molecule has 0 spiro atoms. The van der Waals surface area contributed by atoms with Crippen LogP contribution in [0.3, 0.4) is 0 Å². The van der Waals surface area contributed by atoms with E-state index >= 15 is 0 Å². The highest BCUT2D eigenvalue weighted by Gasteiger charge is 2.41. The van der Waals surface area contributed by atoms with Gasteiger partial charge < -0.3 is 0 Å². The van der Waals surface area contributed by atoms with Crippen LogP contribution in [0.4, 0.5) is 0 Å². The third-order valence-corrected chi connectivity index (χ3v) is 8.54. The maximum Gasteiger partial charge on any atom is 0.168 e. The van der Waals surface area contributed by atoms with E-state index in [-0.39, 0.29) is 5.54 Å². The van der Waals surface area contributed by atoms with Gasteiger partial charge in [-0.15, -0.1) is 0 Å². The Morgan fingerprint density at radius 3 is 1.70 bits per heavy atom. The van der Waals surface area contributed by atoms with Gasteiger partial charge in [-0.25, -0.2) is 14.0 Å². The molecule has 1 fully saturated rings. The monoisotopic (exact) mass is 302 g/mol. The lowest BCUT2D eigenvalue weighted by Crippen LogP contribution is -2.46. The first-order valence-corrected chi connectivity index (χ1v) is 9.85. The molecular weight excluding hydrogens is 267 g/mol. The molecule has 1 aliphatic heterocycles. The molecule has 20 heavy (non-hydrogen) atoms. The zero-order valence-electron chi connectivity index (χ0n) is 14.7. The van der Waals surface area contributed by atoms with E-state index in [9.17, 15) is 0 Å². The van der Waals surface area contributed by atoms with E-state index in [1.165, 1.54) is 19.5 Å². The molecular formula is C15H35N4P. The topological polar surface area (TPSA) is 22.1 Å². The Bertz CT molecular complexity index is 312. The van der Waals surface area contributed by atoms with Crippen LogP contribution in [0.5, 0.6) is 0 Å². The molecule has 0 aromatic carbocycles. The average molecular weight is 302 g/mol. The molecule has 4 nitrogen and oxygen atoms in total. The Labute approximate surface area is 126 Å². The minimum absolute atomic E-state index is 0.00848. The molecule has 1 saturated heterocycles. The lowest BCUT2D eigenvalue weighted by atomic mass is 10.1. The summed E-state index contributed by atoms with van der Waals surface area (Å²) >= 11 is 0. The van der Waals surface area contributed by atoms with Gasteiger partial charge in [-0.2, -0.15) is 0 Å². The normalized spacial score (nSPS) is 21.4. The zero-order valence-corrected chi connectivity index (χ0v) is 15.6. The Balaban J connectivity index is 3.47. The van der Waals surface area contributed by atoms with Crippen molar-refractivity contribution in [1.29, 1.82) is 0 Å². The minimum Gasteiger partial charge on any atom is -0.255 e. The SMILES string of the molecule is CCN(CC)P1(=NC(C)(C)C)N(CC)CCCN1CC. The predicted molar refractivity (Wildman–Crippen MR) is 91.1 cm³/mol. The third kappa shape index (κ3) is 3.65. The quantitative estimate of drug-likeness (QED) is 0.713. The summed E-state index contributed by atoms with van der Waals surface area (Å²) in [7, 11) is -1.72. The molecule has 0 unspecified atom stereocenters. The zero-order chi connectivity index (χ0) is 15.4. The largest absolute Gasteiger partial charge is 0.255 e. The van der Waals surface area contributed by atoms with E-state index < -0.39 is 7.51 Å². The van der Waals surface area contributed by atoms with Crippen molar-refractivity contribution in [3.8, 4) is 0 Å². The van der Waals surface area contributed by atoms with Gasteiger partial charge in [0, 0.05) is 39.3 Å². The van der Waals surface area contributed by atoms with Gasteiger partial charge in [0.2, 0.25) is 0 Å². The van der Waals surface area contributed by atoms with Crippen LogP contribution in [-0.4, -0.2) is 58.8 Å². The van der Waals surface area contributed by atoms with E-state index in [4.69, 9.17) is 4.74 Å². The van der Waals surface area contributed by atoms with Crippen LogP contribution >= 0.6 is 7.51 Å². The Hall–Kier alpha value is 0.110. The number of nitrogens with zero attached hydrogens (tertiary/aromatic N) is 4. The van der Waals surface area contributed by atoms with Gasteiger partial charge in [-0.3, -0.25) is 4.74 Å². The van der Waals surface area contributed by atoms with Gasteiger partial charge in [-0.1, -0.05) is 27.7 Å². The van der Waals surface area contributed by atoms with Crippen LogP contribution in [0.2, 0.25) is 0 Å². The van der Waals surface area contributed by atoms with Crippen LogP contribution in [0.1, 0.15) is 54.9 Å². The fourth-order valence-corrected chi connectivity index (χ4v) is 7.73. The van der Waals surface area contributed by atoms with Gasteiger partial charge in [0.1, 0.15) is 0 Å². The second-order valence-corrected chi connectivity index (χ2v) is 9.36. The first-order chi connectivity index (χ1) is 9.35. The van der Waals surface area contributed by atoms with Crippen molar-refractivity contribution in [3.05, 3.63) is 0 Å². The Morgan fingerprint density at radius 1 is 0.950 bits per heavy atom. The summed E-state index contributed by atoms with van der Waals surface area (Å²) in [5.74, 6) is 0. The molecule has 1 heterocycles. The number of hydrogen-bond acceptors (Lipinski definition) is 1. The number of hydrogen-bond donors (Lipinski definition) is 0. The maximum atomic E-state index is 5.44. The summed E-state index contributed by atoms with van der Waals surface area (Å²) in [5, 5.41) is 0. The molecule has 1 rings (SSSR count). The highest BCUT2D eigenvalue weighted by atomic mass is 31.2. The van der Waals surface area contributed by atoms with Crippen molar-refractivity contribution in [2.24, 2.45) is 4.74 Å². The molecule has 0 aliphatic carbocycles. The van der Waals surface area contributed by atoms with Crippen LogP contribution in [0.25, 0.3) is 0 Å². The fourth-order valence-electron chi connectivity index (χ4n) is 3.13. The van der Waals surface area contributed by atoms with E-state index in [2.05, 4.69) is 62.5 Å². The molecule has 0 saturated carbocycles. The van der Waals surface area contributed by atoms with E-state index in [0.29, 0.717) is 0 Å². The van der Waals surface area contributed by atoms with Gasteiger partial charge in [0.25, 0.3) is 0 Å². The van der Waals surface area contributed by atoms with Crippen molar-refractivity contribution >= 4 is 7.51 Å². The summed E-state index contributed by atoms with van der Waals surface area (Å²) in [4.78, 5) is 0. The Kier molecular flexibility index (Phi) is 6.72. The predicted octanol–water partition coefficient (Wildman–Crippen LogP) is 4.12. The van der Waals surface area contributed by atoms with E-state index in [1.54, 1.807) is 0 Å². The molecule has 1 aliphatic rings. The van der Waals surface area contributed by atoms with Gasteiger partial charge in [-0.05, 0) is 27.2 Å². The maximum absolute atomic E-state index is 5.44. The fraction of sp³-hybridized carbons (Fsp3) is 1.00. The van der Waals surface area contributed by atoms with Crippen LogP contribution in [-0.2, 0) is 0 Å². The molecule has 0 amide bonds. The molecule has 0 atom stereocenters. The van der Waals surface area contributed by atoms with Crippen molar-refractivity contribution in [1.82, 2.24) is 14.0 Å². The van der Waals surface area contributed by atoms with Gasteiger partial charge in [0.05, 0.1) is 5.54 Å². The highest BCUT2D eigenvalue weighted by molar-refractivity contribution is 7.59.